The minimum Gasteiger partial charge on any atom is -0.392 e. The first-order chi connectivity index (χ1) is 14.9. The number of rotatable bonds is 3. The summed E-state index contributed by atoms with van der Waals surface area (Å²) in [6.45, 7) is 6.68. The van der Waals surface area contributed by atoms with Gasteiger partial charge in [0, 0.05) is 50.4 Å². The van der Waals surface area contributed by atoms with Crippen molar-refractivity contribution >= 4 is 0 Å². The molecule has 5 aliphatic carbocycles. The highest BCUT2D eigenvalue weighted by Crippen LogP contribution is 2.82. The smallest absolute Gasteiger partial charge is 0.148 e. The van der Waals surface area contributed by atoms with E-state index in [0.717, 1.165) is 32.4 Å². The first-order valence-electron chi connectivity index (χ1n) is 12.3. The SMILES string of the molecule is CCN1C[C@]2(C)CC[C@H](OC)[C@@]34[C@@H]5C[C@H]6[C@H](O)[C@@H]5[C@@]5(C[C@@H]6OC)OCO[C@@]5([C@@H](O)[C@H]23)[C@@H]14. The fourth-order valence-corrected chi connectivity index (χ4v) is 11.2. The number of hydrogen-bond acceptors (Lipinski definition) is 7. The molecule has 13 atom stereocenters. The quantitative estimate of drug-likeness (QED) is 0.685. The van der Waals surface area contributed by atoms with Crippen LogP contribution in [0, 0.1) is 34.5 Å². The van der Waals surface area contributed by atoms with Gasteiger partial charge in [0.05, 0.1) is 30.5 Å². The molecule has 3 spiro atoms. The molecule has 2 aliphatic heterocycles. The molecule has 0 radical (unpaired) electrons. The number of methoxy groups -OCH3 is 2. The Bertz CT molecular complexity index is 811. The van der Waals surface area contributed by atoms with Crippen molar-refractivity contribution in [2.24, 2.45) is 34.5 Å². The van der Waals surface area contributed by atoms with Crippen LogP contribution in [0.5, 0.6) is 0 Å². The molecule has 5 saturated carbocycles. The Hall–Kier alpha value is -0.280. The van der Waals surface area contributed by atoms with Gasteiger partial charge in [-0.15, -0.1) is 0 Å². The zero-order valence-electron chi connectivity index (χ0n) is 19.1. The lowest BCUT2D eigenvalue weighted by Gasteiger charge is -2.69. The number of likely N-dealkylation sites (tertiary alicyclic amines) is 1. The van der Waals surface area contributed by atoms with Crippen LogP contribution in [0.3, 0.4) is 0 Å². The van der Waals surface area contributed by atoms with Crippen LogP contribution in [-0.4, -0.2) is 90.9 Å². The molecule has 7 fully saturated rings. The number of aliphatic hydroxyl groups is 2. The second kappa shape index (κ2) is 5.85. The molecule has 0 aromatic carbocycles. The third-order valence-electron chi connectivity index (χ3n) is 11.6. The van der Waals surface area contributed by atoms with E-state index in [1.165, 1.54) is 0 Å². The number of piperidine rings is 1. The lowest BCUT2D eigenvalue weighted by Crippen LogP contribution is -2.80. The van der Waals surface area contributed by atoms with E-state index in [9.17, 15) is 10.2 Å². The summed E-state index contributed by atoms with van der Waals surface area (Å²) < 4.78 is 25.5. The molecule has 7 rings (SSSR count). The van der Waals surface area contributed by atoms with Crippen LogP contribution >= 0.6 is 0 Å². The van der Waals surface area contributed by atoms with E-state index in [-0.39, 0.29) is 59.5 Å². The minimum atomic E-state index is -0.846. The van der Waals surface area contributed by atoms with Crippen molar-refractivity contribution in [1.82, 2.24) is 4.90 Å². The molecule has 7 bridgehead atoms. The highest BCUT2D eigenvalue weighted by molar-refractivity contribution is 5.42. The van der Waals surface area contributed by atoms with Crippen LogP contribution in [0.4, 0.5) is 0 Å². The van der Waals surface area contributed by atoms with E-state index in [0.29, 0.717) is 6.42 Å². The molecule has 0 aromatic rings. The molecule has 7 aliphatic rings. The summed E-state index contributed by atoms with van der Waals surface area (Å²) in [7, 11) is 3.59. The molecule has 0 amide bonds. The Kier molecular flexibility index (Phi) is 3.80. The van der Waals surface area contributed by atoms with Crippen LogP contribution in [-0.2, 0) is 18.9 Å². The minimum absolute atomic E-state index is 0.0000689. The van der Waals surface area contributed by atoms with E-state index >= 15 is 0 Å². The summed E-state index contributed by atoms with van der Waals surface area (Å²) in [5.41, 5.74) is -1.80. The fraction of sp³-hybridized carbons (Fsp3) is 1.00. The van der Waals surface area contributed by atoms with Gasteiger partial charge in [-0.25, -0.2) is 0 Å². The number of ether oxygens (including phenoxy) is 4. The molecule has 2 heterocycles. The summed E-state index contributed by atoms with van der Waals surface area (Å²) in [6.07, 6.45) is 2.51. The van der Waals surface area contributed by atoms with Crippen molar-refractivity contribution < 1.29 is 29.2 Å². The Morgan fingerprint density at radius 1 is 1.16 bits per heavy atom. The van der Waals surface area contributed by atoms with E-state index in [1.807, 2.05) is 7.11 Å². The molecule has 31 heavy (non-hydrogen) atoms. The number of hydrogen-bond donors (Lipinski definition) is 2. The second-order valence-corrected chi connectivity index (χ2v) is 11.9. The van der Waals surface area contributed by atoms with E-state index in [2.05, 4.69) is 18.7 Å². The Labute approximate surface area is 184 Å². The second-order valence-electron chi connectivity index (χ2n) is 11.9. The summed E-state index contributed by atoms with van der Waals surface area (Å²) in [5, 5.41) is 24.0. The highest BCUT2D eigenvalue weighted by atomic mass is 16.7. The molecular weight excluding hydrogens is 398 g/mol. The predicted octanol–water partition coefficient (Wildman–Crippen LogP) is 1.01. The number of likely N-dealkylation sites (N-methyl/N-ethyl adjacent to an activating group) is 1. The highest BCUT2D eigenvalue weighted by Gasteiger charge is 2.93. The van der Waals surface area contributed by atoms with Crippen LogP contribution in [0.15, 0.2) is 0 Å². The largest absolute Gasteiger partial charge is 0.392 e. The lowest BCUT2D eigenvalue weighted by molar-refractivity contribution is -0.281. The molecule has 2 N–H and O–H groups in total. The number of aliphatic hydroxyl groups excluding tert-OH is 2. The lowest BCUT2D eigenvalue weighted by atomic mass is 9.43. The topological polar surface area (TPSA) is 80.6 Å². The van der Waals surface area contributed by atoms with Gasteiger partial charge >= 0.3 is 0 Å². The van der Waals surface area contributed by atoms with Gasteiger partial charge in [0.15, 0.2) is 0 Å². The van der Waals surface area contributed by atoms with Crippen LogP contribution in [0.1, 0.15) is 39.5 Å². The maximum atomic E-state index is 12.3. The molecule has 7 nitrogen and oxygen atoms in total. The Morgan fingerprint density at radius 2 is 1.97 bits per heavy atom. The van der Waals surface area contributed by atoms with Crippen molar-refractivity contribution in [3.05, 3.63) is 0 Å². The number of nitrogens with zero attached hydrogens (tertiary/aromatic N) is 1. The molecular formula is C24H37NO6. The first kappa shape index (κ1) is 20.1. The van der Waals surface area contributed by atoms with Crippen molar-refractivity contribution in [3.63, 3.8) is 0 Å². The zero-order valence-corrected chi connectivity index (χ0v) is 19.1. The molecule has 0 unspecified atom stereocenters. The zero-order chi connectivity index (χ0) is 21.6. The van der Waals surface area contributed by atoms with Gasteiger partial charge in [0.1, 0.15) is 18.0 Å². The molecule has 2 saturated heterocycles. The van der Waals surface area contributed by atoms with Crippen molar-refractivity contribution in [3.8, 4) is 0 Å². The Balaban J connectivity index is 1.57. The maximum absolute atomic E-state index is 12.3. The number of fused-ring (bicyclic) bond motifs is 1. The van der Waals surface area contributed by atoms with Crippen LogP contribution in [0.25, 0.3) is 0 Å². The van der Waals surface area contributed by atoms with Crippen molar-refractivity contribution in [2.75, 3.05) is 34.1 Å². The van der Waals surface area contributed by atoms with E-state index < -0.39 is 23.4 Å². The first-order valence-corrected chi connectivity index (χ1v) is 12.3. The molecule has 174 valence electrons. The monoisotopic (exact) mass is 435 g/mol. The van der Waals surface area contributed by atoms with Gasteiger partial charge in [0.25, 0.3) is 0 Å². The maximum Gasteiger partial charge on any atom is 0.148 e. The van der Waals surface area contributed by atoms with Gasteiger partial charge in [-0.1, -0.05) is 13.8 Å². The standard InChI is InChI=1S/C24H37NO6/c1-5-25-10-21(2)7-6-15(29-4)23-13-8-12-14(28-3)9-22(16(13)17(12)26)24(20(23)25,31-11-30-22)19(27)18(21)23/h12-20,26-27H,5-11H2,1-4H3/t12-,13-,14+,15+,16-,17+,18-,19+,20+,21+,22-,23+,24+/m1/s1. The third kappa shape index (κ3) is 1.74. The van der Waals surface area contributed by atoms with Gasteiger partial charge in [-0.2, -0.15) is 0 Å². The van der Waals surface area contributed by atoms with Gasteiger partial charge in [-0.3, -0.25) is 4.90 Å². The van der Waals surface area contributed by atoms with Gasteiger partial charge < -0.3 is 29.2 Å². The van der Waals surface area contributed by atoms with Crippen molar-refractivity contribution in [1.29, 1.82) is 0 Å². The average Bonchev–Trinajstić information content (AvgIpc) is 3.30. The van der Waals surface area contributed by atoms with Crippen molar-refractivity contribution in [2.45, 2.75) is 81.2 Å². The van der Waals surface area contributed by atoms with E-state index in [1.54, 1.807) is 7.11 Å². The summed E-state index contributed by atoms with van der Waals surface area (Å²) in [4.78, 5) is 2.59. The summed E-state index contributed by atoms with van der Waals surface area (Å²) in [5.74, 6) is 0.388. The van der Waals surface area contributed by atoms with E-state index in [4.69, 9.17) is 18.9 Å². The summed E-state index contributed by atoms with van der Waals surface area (Å²) in [6, 6.07) is 0.0358. The molecule has 7 heteroatoms. The van der Waals surface area contributed by atoms with Gasteiger partial charge in [-0.05, 0) is 37.1 Å². The Morgan fingerprint density at radius 3 is 2.68 bits per heavy atom. The normalized spacial score (nSPS) is 65.8. The van der Waals surface area contributed by atoms with Crippen LogP contribution < -0.4 is 0 Å². The third-order valence-corrected chi connectivity index (χ3v) is 11.6. The molecule has 0 aromatic heterocycles. The predicted molar refractivity (Wildman–Crippen MR) is 110 cm³/mol. The van der Waals surface area contributed by atoms with Crippen LogP contribution in [0.2, 0.25) is 0 Å². The average molecular weight is 436 g/mol. The van der Waals surface area contributed by atoms with Gasteiger partial charge in [0.2, 0.25) is 0 Å². The fourth-order valence-electron chi connectivity index (χ4n) is 11.2. The summed E-state index contributed by atoms with van der Waals surface area (Å²) >= 11 is 0.